The fourth-order valence-corrected chi connectivity index (χ4v) is 2.02. The summed E-state index contributed by atoms with van der Waals surface area (Å²) in [5.41, 5.74) is 0. The van der Waals surface area contributed by atoms with E-state index in [0.717, 1.165) is 32.7 Å². The van der Waals surface area contributed by atoms with Crippen molar-refractivity contribution in [2.24, 2.45) is 5.92 Å². The van der Waals surface area contributed by atoms with Gasteiger partial charge in [0.1, 0.15) is 0 Å². The van der Waals surface area contributed by atoms with Gasteiger partial charge in [-0.25, -0.2) is 0 Å². The Morgan fingerprint density at radius 2 is 1.82 bits per heavy atom. The Morgan fingerprint density at radius 1 is 1.12 bits per heavy atom. The highest BCUT2D eigenvalue weighted by molar-refractivity contribution is 6.20. The highest BCUT2D eigenvalue weighted by Gasteiger charge is 2.23. The third kappa shape index (κ3) is 7.21. The first-order valence-corrected chi connectivity index (χ1v) is 6.64. The molecule has 0 aliphatic carbocycles. The van der Waals surface area contributed by atoms with E-state index in [0.29, 0.717) is 32.3 Å². The molecule has 5 heteroatoms. The summed E-state index contributed by atoms with van der Waals surface area (Å²) < 4.78 is 21.0. The summed E-state index contributed by atoms with van der Waals surface area (Å²) in [4.78, 5) is 0. The van der Waals surface area contributed by atoms with Gasteiger partial charge in [0.2, 0.25) is 0 Å². The summed E-state index contributed by atoms with van der Waals surface area (Å²) in [7, 11) is 1.66. The predicted octanol–water partition coefficient (Wildman–Crippen LogP) is 1.70. The normalized spacial score (nSPS) is 25.1. The van der Waals surface area contributed by atoms with Crippen LogP contribution in [-0.4, -0.2) is 58.7 Å². The summed E-state index contributed by atoms with van der Waals surface area (Å²) in [6.07, 6.45) is 1.92. The lowest BCUT2D eigenvalue weighted by molar-refractivity contribution is 0.00958. The SMILES string of the molecule is COCCOCCOCCC1COCCC1Cl. The van der Waals surface area contributed by atoms with Gasteiger partial charge >= 0.3 is 0 Å². The fourth-order valence-electron chi connectivity index (χ4n) is 1.73. The van der Waals surface area contributed by atoms with Crippen LogP contribution in [0.5, 0.6) is 0 Å². The first-order chi connectivity index (χ1) is 8.34. The Morgan fingerprint density at radius 3 is 2.53 bits per heavy atom. The van der Waals surface area contributed by atoms with Crippen LogP contribution in [0.1, 0.15) is 12.8 Å². The van der Waals surface area contributed by atoms with Crippen LogP contribution in [0.3, 0.4) is 0 Å². The van der Waals surface area contributed by atoms with Gasteiger partial charge in [-0.15, -0.1) is 11.6 Å². The number of ether oxygens (including phenoxy) is 4. The minimum Gasteiger partial charge on any atom is -0.382 e. The molecule has 1 saturated heterocycles. The monoisotopic (exact) mass is 266 g/mol. The Balaban J connectivity index is 1.86. The molecule has 1 rings (SSSR count). The maximum Gasteiger partial charge on any atom is 0.0701 e. The van der Waals surface area contributed by atoms with E-state index in [4.69, 9.17) is 30.5 Å². The van der Waals surface area contributed by atoms with Crippen LogP contribution in [0.4, 0.5) is 0 Å². The van der Waals surface area contributed by atoms with E-state index in [2.05, 4.69) is 0 Å². The molecule has 1 fully saturated rings. The average Bonchev–Trinajstić information content (AvgIpc) is 2.35. The molecule has 0 bridgehead atoms. The molecule has 17 heavy (non-hydrogen) atoms. The standard InChI is InChI=1S/C12H23ClO4/c1-14-6-7-16-9-8-15-4-2-11-10-17-5-3-12(11)13/h11-12H,2-10H2,1H3. The Labute approximate surface area is 109 Å². The molecular formula is C12H23ClO4. The van der Waals surface area contributed by atoms with E-state index in [9.17, 15) is 0 Å². The number of methoxy groups -OCH3 is 1. The van der Waals surface area contributed by atoms with Gasteiger partial charge in [-0.2, -0.15) is 0 Å². The molecule has 0 saturated carbocycles. The van der Waals surface area contributed by atoms with Gasteiger partial charge < -0.3 is 18.9 Å². The molecule has 1 heterocycles. The molecule has 0 N–H and O–H groups in total. The van der Waals surface area contributed by atoms with Crippen LogP contribution in [0.15, 0.2) is 0 Å². The molecule has 1 aliphatic heterocycles. The third-order valence-electron chi connectivity index (χ3n) is 2.82. The van der Waals surface area contributed by atoms with Gasteiger partial charge in [-0.3, -0.25) is 0 Å². The number of hydrogen-bond donors (Lipinski definition) is 0. The molecule has 0 aromatic heterocycles. The predicted molar refractivity (Wildman–Crippen MR) is 66.7 cm³/mol. The highest BCUT2D eigenvalue weighted by atomic mass is 35.5. The van der Waals surface area contributed by atoms with Crippen LogP contribution in [0, 0.1) is 5.92 Å². The third-order valence-corrected chi connectivity index (χ3v) is 3.39. The van der Waals surface area contributed by atoms with E-state index in [-0.39, 0.29) is 5.38 Å². The van der Waals surface area contributed by atoms with Gasteiger partial charge in [-0.1, -0.05) is 0 Å². The van der Waals surface area contributed by atoms with Crippen molar-refractivity contribution in [2.45, 2.75) is 18.2 Å². The number of rotatable bonds is 9. The summed E-state index contributed by atoms with van der Waals surface area (Å²) in [6, 6.07) is 0. The molecular weight excluding hydrogens is 244 g/mol. The lowest BCUT2D eigenvalue weighted by Gasteiger charge is -2.26. The van der Waals surface area contributed by atoms with Crippen molar-refractivity contribution >= 4 is 11.6 Å². The summed E-state index contributed by atoms with van der Waals surface area (Å²) in [5, 5.41) is 0.241. The first kappa shape index (κ1) is 15.2. The molecule has 0 aromatic carbocycles. The quantitative estimate of drug-likeness (QED) is 0.470. The van der Waals surface area contributed by atoms with E-state index in [1.807, 2.05) is 0 Å². The molecule has 0 radical (unpaired) electrons. The zero-order valence-electron chi connectivity index (χ0n) is 10.5. The van der Waals surface area contributed by atoms with Crippen molar-refractivity contribution in [3.05, 3.63) is 0 Å². The molecule has 0 spiro atoms. The first-order valence-electron chi connectivity index (χ1n) is 6.21. The Kier molecular flexibility index (Phi) is 9.01. The zero-order chi connectivity index (χ0) is 12.3. The van der Waals surface area contributed by atoms with E-state index >= 15 is 0 Å². The van der Waals surface area contributed by atoms with Crippen molar-refractivity contribution in [2.75, 3.05) is 53.4 Å². The van der Waals surface area contributed by atoms with Gasteiger partial charge in [0.15, 0.2) is 0 Å². The second-order valence-corrected chi connectivity index (χ2v) is 4.71. The Hall–Kier alpha value is 0.130. The second-order valence-electron chi connectivity index (χ2n) is 4.15. The maximum absolute atomic E-state index is 6.21. The second kappa shape index (κ2) is 10.1. The molecule has 0 amide bonds. The minimum absolute atomic E-state index is 0.241. The average molecular weight is 267 g/mol. The lowest BCUT2D eigenvalue weighted by Crippen LogP contribution is -2.29. The fraction of sp³-hybridized carbons (Fsp3) is 1.00. The smallest absolute Gasteiger partial charge is 0.0701 e. The maximum atomic E-state index is 6.21. The summed E-state index contributed by atoms with van der Waals surface area (Å²) >= 11 is 6.21. The molecule has 2 atom stereocenters. The van der Waals surface area contributed by atoms with E-state index in [1.54, 1.807) is 7.11 Å². The number of halogens is 1. The van der Waals surface area contributed by atoms with Crippen molar-refractivity contribution < 1.29 is 18.9 Å². The van der Waals surface area contributed by atoms with Crippen molar-refractivity contribution in [3.63, 3.8) is 0 Å². The topological polar surface area (TPSA) is 36.9 Å². The van der Waals surface area contributed by atoms with Crippen LogP contribution < -0.4 is 0 Å². The van der Waals surface area contributed by atoms with Crippen LogP contribution in [0.25, 0.3) is 0 Å². The van der Waals surface area contributed by atoms with Gasteiger partial charge in [-0.05, 0) is 12.8 Å². The Bertz CT molecular complexity index is 180. The summed E-state index contributed by atoms with van der Waals surface area (Å²) in [6.45, 7) is 4.79. The number of alkyl halides is 1. The van der Waals surface area contributed by atoms with Crippen molar-refractivity contribution in [1.82, 2.24) is 0 Å². The van der Waals surface area contributed by atoms with E-state index in [1.165, 1.54) is 0 Å². The van der Waals surface area contributed by atoms with Crippen LogP contribution >= 0.6 is 11.6 Å². The van der Waals surface area contributed by atoms with Crippen molar-refractivity contribution in [3.8, 4) is 0 Å². The molecule has 102 valence electrons. The van der Waals surface area contributed by atoms with E-state index < -0.39 is 0 Å². The van der Waals surface area contributed by atoms with Crippen LogP contribution in [0.2, 0.25) is 0 Å². The van der Waals surface area contributed by atoms with Crippen LogP contribution in [-0.2, 0) is 18.9 Å². The molecule has 2 unspecified atom stereocenters. The molecule has 4 nitrogen and oxygen atoms in total. The minimum atomic E-state index is 0.241. The number of hydrogen-bond acceptors (Lipinski definition) is 4. The lowest BCUT2D eigenvalue weighted by atomic mass is 9.98. The molecule has 0 aromatic rings. The van der Waals surface area contributed by atoms with Crippen molar-refractivity contribution in [1.29, 1.82) is 0 Å². The van der Waals surface area contributed by atoms with Gasteiger partial charge in [0.05, 0.1) is 33.0 Å². The summed E-state index contributed by atoms with van der Waals surface area (Å²) in [5.74, 6) is 0.430. The zero-order valence-corrected chi connectivity index (χ0v) is 11.3. The molecule has 1 aliphatic rings. The van der Waals surface area contributed by atoms with Gasteiger partial charge in [0, 0.05) is 31.6 Å². The van der Waals surface area contributed by atoms with Gasteiger partial charge in [0.25, 0.3) is 0 Å². The largest absolute Gasteiger partial charge is 0.382 e. The highest BCUT2D eigenvalue weighted by Crippen LogP contribution is 2.23.